The number of aliphatic hydroxyl groups excluding tert-OH is 1. The standard InChI is InChI=1S/C14H21BrN2O/c1-9-7-13(10(15)8-11(9)16)17-12-5-3-2-4-6-14(12)18/h7-8,12,14,17-18H,2-6,16H2,1H3. The van der Waals surface area contributed by atoms with Crippen LogP contribution in [0, 0.1) is 6.92 Å². The molecule has 1 aromatic rings. The number of halogens is 1. The molecule has 1 aromatic carbocycles. The fourth-order valence-corrected chi connectivity index (χ4v) is 2.94. The minimum absolute atomic E-state index is 0.145. The smallest absolute Gasteiger partial charge is 0.0741 e. The van der Waals surface area contributed by atoms with Crippen LogP contribution in [0.25, 0.3) is 0 Å². The molecule has 0 amide bonds. The van der Waals surface area contributed by atoms with E-state index in [1.165, 1.54) is 12.8 Å². The van der Waals surface area contributed by atoms with Crippen LogP contribution in [0.1, 0.15) is 37.7 Å². The SMILES string of the molecule is Cc1cc(NC2CCCCCC2O)c(Br)cc1N. The highest BCUT2D eigenvalue weighted by atomic mass is 79.9. The fourth-order valence-electron chi connectivity index (χ4n) is 2.46. The van der Waals surface area contributed by atoms with E-state index in [0.717, 1.165) is 40.7 Å². The van der Waals surface area contributed by atoms with Gasteiger partial charge in [-0.15, -0.1) is 0 Å². The van der Waals surface area contributed by atoms with Gasteiger partial charge < -0.3 is 16.2 Å². The maximum atomic E-state index is 10.1. The third kappa shape index (κ3) is 3.18. The van der Waals surface area contributed by atoms with Crippen molar-refractivity contribution in [2.75, 3.05) is 11.1 Å². The van der Waals surface area contributed by atoms with E-state index in [1.807, 2.05) is 19.1 Å². The first-order valence-electron chi connectivity index (χ1n) is 6.58. The molecule has 100 valence electrons. The third-order valence-corrected chi connectivity index (χ3v) is 4.33. The van der Waals surface area contributed by atoms with E-state index in [9.17, 15) is 5.11 Å². The summed E-state index contributed by atoms with van der Waals surface area (Å²) in [7, 11) is 0. The minimum atomic E-state index is -0.253. The number of aliphatic hydroxyl groups is 1. The highest BCUT2D eigenvalue weighted by molar-refractivity contribution is 9.10. The lowest BCUT2D eigenvalue weighted by Gasteiger charge is -2.24. The van der Waals surface area contributed by atoms with E-state index in [2.05, 4.69) is 21.2 Å². The molecular formula is C14H21BrN2O. The van der Waals surface area contributed by atoms with Gasteiger partial charge in [0.2, 0.25) is 0 Å². The van der Waals surface area contributed by atoms with E-state index in [1.54, 1.807) is 0 Å². The van der Waals surface area contributed by atoms with Crippen molar-refractivity contribution >= 4 is 27.3 Å². The van der Waals surface area contributed by atoms with Crippen molar-refractivity contribution in [2.45, 2.75) is 51.2 Å². The number of hydrogen-bond acceptors (Lipinski definition) is 3. The Balaban J connectivity index is 2.14. The Morgan fingerprint density at radius 1 is 1.28 bits per heavy atom. The van der Waals surface area contributed by atoms with Gasteiger partial charge in [-0.05, 0) is 53.4 Å². The molecule has 1 aliphatic rings. The van der Waals surface area contributed by atoms with Crippen molar-refractivity contribution in [3.63, 3.8) is 0 Å². The molecule has 4 N–H and O–H groups in total. The van der Waals surface area contributed by atoms with Crippen LogP contribution in [0.4, 0.5) is 11.4 Å². The normalized spacial score (nSPS) is 24.6. The summed E-state index contributed by atoms with van der Waals surface area (Å²) in [6.45, 7) is 2.00. The van der Waals surface area contributed by atoms with Gasteiger partial charge >= 0.3 is 0 Å². The summed E-state index contributed by atoms with van der Waals surface area (Å²) >= 11 is 3.52. The van der Waals surface area contributed by atoms with Crippen LogP contribution in [-0.4, -0.2) is 17.3 Å². The number of nitrogens with one attached hydrogen (secondary N) is 1. The molecule has 0 aliphatic heterocycles. The Morgan fingerprint density at radius 2 is 2.00 bits per heavy atom. The van der Waals surface area contributed by atoms with Crippen molar-refractivity contribution in [1.82, 2.24) is 0 Å². The number of nitrogen functional groups attached to an aromatic ring is 1. The van der Waals surface area contributed by atoms with Gasteiger partial charge in [0.15, 0.2) is 0 Å². The molecule has 2 unspecified atom stereocenters. The molecule has 1 aliphatic carbocycles. The van der Waals surface area contributed by atoms with Crippen LogP contribution in [0.5, 0.6) is 0 Å². The maximum Gasteiger partial charge on any atom is 0.0741 e. The fraction of sp³-hybridized carbons (Fsp3) is 0.571. The van der Waals surface area contributed by atoms with Gasteiger partial charge in [-0.1, -0.05) is 19.3 Å². The van der Waals surface area contributed by atoms with Gasteiger partial charge in [0, 0.05) is 15.8 Å². The van der Waals surface area contributed by atoms with Gasteiger partial charge in [0.1, 0.15) is 0 Å². The number of aryl methyl sites for hydroxylation is 1. The second-order valence-electron chi connectivity index (χ2n) is 5.14. The first-order valence-corrected chi connectivity index (χ1v) is 7.37. The van der Waals surface area contributed by atoms with Crippen molar-refractivity contribution in [3.05, 3.63) is 22.2 Å². The van der Waals surface area contributed by atoms with E-state index in [0.29, 0.717) is 0 Å². The van der Waals surface area contributed by atoms with Gasteiger partial charge in [0.05, 0.1) is 12.1 Å². The summed E-state index contributed by atoms with van der Waals surface area (Å²) in [6, 6.07) is 4.10. The lowest BCUT2D eigenvalue weighted by atomic mass is 10.1. The Kier molecular flexibility index (Phi) is 4.51. The van der Waals surface area contributed by atoms with Crippen LogP contribution in [0.2, 0.25) is 0 Å². The zero-order valence-corrected chi connectivity index (χ0v) is 12.3. The molecule has 1 fully saturated rings. The monoisotopic (exact) mass is 312 g/mol. The largest absolute Gasteiger partial charge is 0.398 e. The molecule has 0 heterocycles. The average Bonchev–Trinajstić information content (AvgIpc) is 2.52. The summed E-state index contributed by atoms with van der Waals surface area (Å²) in [5.74, 6) is 0. The zero-order chi connectivity index (χ0) is 13.1. The lowest BCUT2D eigenvalue weighted by Crippen LogP contribution is -2.32. The second-order valence-corrected chi connectivity index (χ2v) is 6.00. The van der Waals surface area contributed by atoms with Crippen molar-refractivity contribution in [3.8, 4) is 0 Å². The molecule has 2 rings (SSSR count). The van der Waals surface area contributed by atoms with Crippen LogP contribution in [-0.2, 0) is 0 Å². The number of anilines is 2. The van der Waals surface area contributed by atoms with Crippen LogP contribution < -0.4 is 11.1 Å². The first kappa shape index (κ1) is 13.7. The highest BCUT2D eigenvalue weighted by Gasteiger charge is 2.22. The molecular weight excluding hydrogens is 292 g/mol. The van der Waals surface area contributed by atoms with Gasteiger partial charge in [0.25, 0.3) is 0 Å². The molecule has 0 radical (unpaired) electrons. The number of rotatable bonds is 2. The van der Waals surface area contributed by atoms with E-state index in [4.69, 9.17) is 5.73 Å². The maximum absolute atomic E-state index is 10.1. The van der Waals surface area contributed by atoms with E-state index in [-0.39, 0.29) is 12.1 Å². The van der Waals surface area contributed by atoms with Gasteiger partial charge in [-0.3, -0.25) is 0 Å². The van der Waals surface area contributed by atoms with Crippen LogP contribution in [0.3, 0.4) is 0 Å². The molecule has 0 aromatic heterocycles. The van der Waals surface area contributed by atoms with E-state index < -0.39 is 0 Å². The van der Waals surface area contributed by atoms with Crippen molar-refractivity contribution < 1.29 is 5.11 Å². The molecule has 1 saturated carbocycles. The number of benzene rings is 1. The Morgan fingerprint density at radius 3 is 2.78 bits per heavy atom. The quantitative estimate of drug-likeness (QED) is 0.579. The van der Waals surface area contributed by atoms with Gasteiger partial charge in [-0.2, -0.15) is 0 Å². The van der Waals surface area contributed by atoms with Crippen molar-refractivity contribution in [1.29, 1.82) is 0 Å². The predicted molar refractivity (Wildman–Crippen MR) is 79.8 cm³/mol. The van der Waals surface area contributed by atoms with Crippen LogP contribution in [0.15, 0.2) is 16.6 Å². The Hall–Kier alpha value is -0.740. The Bertz CT molecular complexity index is 423. The topological polar surface area (TPSA) is 58.3 Å². The van der Waals surface area contributed by atoms with Crippen molar-refractivity contribution in [2.24, 2.45) is 0 Å². The highest BCUT2D eigenvalue weighted by Crippen LogP contribution is 2.30. The molecule has 0 spiro atoms. The van der Waals surface area contributed by atoms with E-state index >= 15 is 0 Å². The summed E-state index contributed by atoms with van der Waals surface area (Å²) < 4.78 is 0.960. The summed E-state index contributed by atoms with van der Waals surface area (Å²) in [5.41, 5.74) is 8.73. The second kappa shape index (κ2) is 5.93. The molecule has 18 heavy (non-hydrogen) atoms. The molecule has 0 saturated heterocycles. The lowest BCUT2D eigenvalue weighted by molar-refractivity contribution is 0.144. The number of nitrogens with two attached hydrogens (primary N) is 1. The molecule has 4 heteroatoms. The molecule has 3 nitrogen and oxygen atoms in total. The first-order chi connectivity index (χ1) is 8.58. The minimum Gasteiger partial charge on any atom is -0.398 e. The average molecular weight is 313 g/mol. The molecule has 0 bridgehead atoms. The molecule has 2 atom stereocenters. The summed E-state index contributed by atoms with van der Waals surface area (Å²) in [4.78, 5) is 0. The zero-order valence-electron chi connectivity index (χ0n) is 10.7. The predicted octanol–water partition coefficient (Wildman–Crippen LogP) is 3.45. The summed E-state index contributed by atoms with van der Waals surface area (Å²) in [5, 5.41) is 13.6. The van der Waals surface area contributed by atoms with Crippen LogP contribution >= 0.6 is 15.9 Å². The number of hydrogen-bond donors (Lipinski definition) is 3. The Labute approximate surface area is 117 Å². The third-order valence-electron chi connectivity index (χ3n) is 3.68. The summed E-state index contributed by atoms with van der Waals surface area (Å²) in [6.07, 6.45) is 5.19. The van der Waals surface area contributed by atoms with Gasteiger partial charge in [-0.25, -0.2) is 0 Å².